The first kappa shape index (κ1) is 18.4. The van der Waals surface area contributed by atoms with E-state index in [4.69, 9.17) is 16.3 Å². The number of anilines is 1. The zero-order valence-corrected chi connectivity index (χ0v) is 14.4. The van der Waals surface area contributed by atoms with Crippen LogP contribution in [0.5, 0.6) is 0 Å². The van der Waals surface area contributed by atoms with Gasteiger partial charge in [0.05, 0.1) is 23.2 Å². The van der Waals surface area contributed by atoms with E-state index in [2.05, 4.69) is 9.97 Å². The fourth-order valence-electron chi connectivity index (χ4n) is 2.70. The van der Waals surface area contributed by atoms with Crippen molar-refractivity contribution in [3.63, 3.8) is 0 Å². The van der Waals surface area contributed by atoms with Crippen LogP contribution in [-0.4, -0.2) is 40.9 Å². The number of nitrogens with zero attached hydrogens (tertiary/aromatic N) is 3. The average Bonchev–Trinajstić information content (AvgIpc) is 2.56. The molecule has 0 spiro atoms. The molecule has 10 heteroatoms. The summed E-state index contributed by atoms with van der Waals surface area (Å²) in [6.07, 6.45) is -4.39. The third kappa shape index (κ3) is 2.77. The molecule has 1 aliphatic rings. The van der Waals surface area contributed by atoms with Crippen LogP contribution in [0.25, 0.3) is 11.0 Å². The van der Waals surface area contributed by atoms with Gasteiger partial charge in [0.2, 0.25) is 5.60 Å². The summed E-state index contributed by atoms with van der Waals surface area (Å²) in [4.78, 5) is 21.7. The van der Waals surface area contributed by atoms with E-state index in [-0.39, 0.29) is 23.0 Å². The predicted molar refractivity (Wildman–Crippen MR) is 87.6 cm³/mol. The standard InChI is InChI=1S/C16H13ClF3N3O3/c1-3-26-14(24)15(25)11(16(18,19)20)7-23(2)13-12(15)21-10-6-8(17)4-5-9(10)22-13/h4-7,25H,3H2,1-2H3. The Kier molecular flexibility index (Phi) is 4.32. The Labute approximate surface area is 150 Å². The summed E-state index contributed by atoms with van der Waals surface area (Å²) in [6.45, 7) is 1.20. The number of benzene rings is 1. The van der Waals surface area contributed by atoms with Crippen LogP contribution in [-0.2, 0) is 15.1 Å². The van der Waals surface area contributed by atoms with Crippen LogP contribution in [0.2, 0.25) is 5.02 Å². The Hall–Kier alpha value is -2.39. The third-order valence-corrected chi connectivity index (χ3v) is 4.11. The molecular formula is C16H13ClF3N3O3. The molecule has 1 unspecified atom stereocenters. The minimum absolute atomic E-state index is 0.0941. The van der Waals surface area contributed by atoms with Crippen LogP contribution >= 0.6 is 11.6 Å². The second kappa shape index (κ2) is 6.10. The second-order valence-corrected chi connectivity index (χ2v) is 6.05. The van der Waals surface area contributed by atoms with Gasteiger partial charge in [0.25, 0.3) is 0 Å². The molecule has 0 saturated carbocycles. The highest BCUT2D eigenvalue weighted by molar-refractivity contribution is 6.31. The molecule has 1 aromatic carbocycles. The van der Waals surface area contributed by atoms with Crippen molar-refractivity contribution in [2.45, 2.75) is 18.7 Å². The lowest BCUT2D eigenvalue weighted by Crippen LogP contribution is -2.48. The number of hydrogen-bond acceptors (Lipinski definition) is 6. The van der Waals surface area contributed by atoms with Crippen molar-refractivity contribution in [2.75, 3.05) is 18.6 Å². The lowest BCUT2D eigenvalue weighted by Gasteiger charge is -2.36. The summed E-state index contributed by atoms with van der Waals surface area (Å²) in [6, 6.07) is 4.45. The molecule has 2 aromatic rings. The second-order valence-electron chi connectivity index (χ2n) is 5.61. The van der Waals surface area contributed by atoms with Gasteiger partial charge in [-0.1, -0.05) is 11.6 Å². The molecule has 26 heavy (non-hydrogen) atoms. The number of rotatable bonds is 2. The molecule has 0 aliphatic carbocycles. The van der Waals surface area contributed by atoms with E-state index in [1.807, 2.05) is 0 Å². The normalized spacial score (nSPS) is 20.0. The number of aromatic nitrogens is 2. The molecule has 1 N–H and O–H groups in total. The van der Waals surface area contributed by atoms with Crippen molar-refractivity contribution in [2.24, 2.45) is 0 Å². The van der Waals surface area contributed by atoms with Gasteiger partial charge in [-0.25, -0.2) is 14.8 Å². The molecule has 1 aliphatic heterocycles. The topological polar surface area (TPSA) is 75.6 Å². The van der Waals surface area contributed by atoms with Gasteiger partial charge in [-0.05, 0) is 25.1 Å². The largest absolute Gasteiger partial charge is 0.463 e. The van der Waals surface area contributed by atoms with Crippen molar-refractivity contribution in [1.82, 2.24) is 9.97 Å². The molecule has 0 bridgehead atoms. The highest BCUT2D eigenvalue weighted by Crippen LogP contribution is 2.46. The van der Waals surface area contributed by atoms with Crippen molar-refractivity contribution >= 4 is 34.4 Å². The maximum Gasteiger partial charge on any atom is 0.417 e. The van der Waals surface area contributed by atoms with E-state index >= 15 is 0 Å². The molecular weight excluding hydrogens is 375 g/mol. The van der Waals surface area contributed by atoms with Crippen LogP contribution in [0.4, 0.5) is 19.0 Å². The summed E-state index contributed by atoms with van der Waals surface area (Å²) in [5.74, 6) is -1.57. The maximum atomic E-state index is 13.6. The number of ether oxygens (including phenoxy) is 1. The number of halogens is 4. The number of alkyl halides is 3. The lowest BCUT2D eigenvalue weighted by atomic mass is 9.87. The summed E-state index contributed by atoms with van der Waals surface area (Å²) >= 11 is 5.89. The number of fused-ring (bicyclic) bond motifs is 2. The number of aliphatic hydroxyl groups is 1. The summed E-state index contributed by atoms with van der Waals surface area (Å²) in [5, 5.41) is 11.1. The quantitative estimate of drug-likeness (QED) is 0.799. The minimum Gasteiger partial charge on any atom is -0.463 e. The van der Waals surface area contributed by atoms with E-state index in [0.29, 0.717) is 11.7 Å². The first-order valence-electron chi connectivity index (χ1n) is 7.48. The molecule has 3 rings (SSSR count). The molecule has 0 saturated heterocycles. The van der Waals surface area contributed by atoms with Gasteiger partial charge in [-0.15, -0.1) is 0 Å². The van der Waals surface area contributed by atoms with Gasteiger partial charge in [0, 0.05) is 18.3 Å². The monoisotopic (exact) mass is 387 g/mol. The van der Waals surface area contributed by atoms with Gasteiger partial charge in [0.15, 0.2) is 5.82 Å². The molecule has 0 radical (unpaired) electrons. The first-order valence-corrected chi connectivity index (χ1v) is 7.86. The highest BCUT2D eigenvalue weighted by atomic mass is 35.5. The van der Waals surface area contributed by atoms with Gasteiger partial charge in [-0.2, -0.15) is 13.2 Å². The van der Waals surface area contributed by atoms with Gasteiger partial charge in [0.1, 0.15) is 5.69 Å². The number of carbonyl (C=O) groups excluding carboxylic acids is 1. The molecule has 2 heterocycles. The fourth-order valence-corrected chi connectivity index (χ4v) is 2.87. The lowest BCUT2D eigenvalue weighted by molar-refractivity contribution is -0.174. The summed E-state index contributed by atoms with van der Waals surface area (Å²) in [5.41, 5.74) is -4.73. The zero-order valence-electron chi connectivity index (χ0n) is 13.6. The summed E-state index contributed by atoms with van der Waals surface area (Å²) < 4.78 is 45.3. The van der Waals surface area contributed by atoms with E-state index in [1.54, 1.807) is 6.07 Å². The summed E-state index contributed by atoms with van der Waals surface area (Å²) in [7, 11) is 1.31. The van der Waals surface area contributed by atoms with Crippen molar-refractivity contribution in [3.8, 4) is 0 Å². The van der Waals surface area contributed by atoms with E-state index in [1.165, 1.54) is 26.1 Å². The molecule has 1 atom stereocenters. The zero-order chi connectivity index (χ0) is 19.3. The Morgan fingerprint density at radius 3 is 2.65 bits per heavy atom. The maximum absolute atomic E-state index is 13.6. The molecule has 0 fully saturated rings. The van der Waals surface area contributed by atoms with Crippen molar-refractivity contribution in [1.29, 1.82) is 0 Å². The first-order chi connectivity index (χ1) is 12.1. The molecule has 6 nitrogen and oxygen atoms in total. The Morgan fingerprint density at radius 2 is 2.04 bits per heavy atom. The van der Waals surface area contributed by atoms with Crippen molar-refractivity contribution < 1.29 is 27.8 Å². The SMILES string of the molecule is CCOC(=O)C1(O)C(C(F)(F)F)=CN(C)c2nc3ccc(Cl)cc3nc21. The van der Waals surface area contributed by atoms with Crippen LogP contribution in [0, 0.1) is 0 Å². The smallest absolute Gasteiger partial charge is 0.417 e. The molecule has 138 valence electrons. The molecule has 1 aromatic heterocycles. The Bertz CT molecular complexity index is 932. The van der Waals surface area contributed by atoms with Crippen LogP contribution in [0.1, 0.15) is 12.6 Å². The number of carbonyl (C=O) groups is 1. The van der Waals surface area contributed by atoms with Crippen LogP contribution in [0.15, 0.2) is 30.0 Å². The van der Waals surface area contributed by atoms with E-state index in [0.717, 1.165) is 4.90 Å². The van der Waals surface area contributed by atoms with E-state index in [9.17, 15) is 23.1 Å². The fraction of sp³-hybridized carbons (Fsp3) is 0.312. The van der Waals surface area contributed by atoms with Crippen molar-refractivity contribution in [3.05, 3.63) is 40.7 Å². The third-order valence-electron chi connectivity index (χ3n) is 3.87. The number of esters is 1. The van der Waals surface area contributed by atoms with Gasteiger partial charge in [-0.3, -0.25) is 0 Å². The van der Waals surface area contributed by atoms with Crippen LogP contribution in [0.3, 0.4) is 0 Å². The van der Waals surface area contributed by atoms with Gasteiger partial charge < -0.3 is 14.7 Å². The number of hydrogen-bond donors (Lipinski definition) is 1. The van der Waals surface area contributed by atoms with Crippen LogP contribution < -0.4 is 4.90 Å². The molecule has 0 amide bonds. The van der Waals surface area contributed by atoms with Gasteiger partial charge >= 0.3 is 12.1 Å². The Morgan fingerprint density at radius 1 is 1.35 bits per heavy atom. The highest BCUT2D eigenvalue weighted by Gasteiger charge is 2.59. The minimum atomic E-state index is -5.00. The Balaban J connectivity index is 2.35. The van der Waals surface area contributed by atoms with E-state index < -0.39 is 29.0 Å². The predicted octanol–water partition coefficient (Wildman–Crippen LogP) is 2.93. The average molecular weight is 388 g/mol.